The van der Waals surface area contributed by atoms with Gasteiger partial charge in [-0.25, -0.2) is 4.72 Å². The lowest BCUT2D eigenvalue weighted by Gasteiger charge is -2.23. The van der Waals surface area contributed by atoms with Crippen molar-refractivity contribution in [1.82, 2.24) is 9.03 Å². The van der Waals surface area contributed by atoms with E-state index in [-0.39, 0.29) is 6.04 Å². The molecule has 0 saturated carbocycles. The lowest BCUT2D eigenvalue weighted by molar-refractivity contribution is 0.360. The fourth-order valence-corrected chi connectivity index (χ4v) is 3.54. The van der Waals surface area contributed by atoms with Gasteiger partial charge in [0.2, 0.25) is 0 Å². The van der Waals surface area contributed by atoms with E-state index in [1.165, 1.54) is 0 Å². The third-order valence-electron chi connectivity index (χ3n) is 2.70. The molecule has 15 heavy (non-hydrogen) atoms. The van der Waals surface area contributed by atoms with Crippen molar-refractivity contribution >= 4 is 10.2 Å². The highest BCUT2D eigenvalue weighted by Gasteiger charge is 2.32. The van der Waals surface area contributed by atoms with E-state index >= 15 is 0 Å². The van der Waals surface area contributed by atoms with E-state index in [0.29, 0.717) is 19.6 Å². The van der Waals surface area contributed by atoms with Crippen LogP contribution in [0, 0.1) is 0 Å². The molecule has 0 aromatic carbocycles. The Balaban J connectivity index is 2.59. The second-order valence-corrected chi connectivity index (χ2v) is 5.55. The summed E-state index contributed by atoms with van der Waals surface area (Å²) < 4.78 is 27.7. The molecule has 0 radical (unpaired) electrons. The van der Waals surface area contributed by atoms with Crippen molar-refractivity contribution in [1.29, 1.82) is 0 Å². The molecule has 0 aromatic heterocycles. The highest BCUT2D eigenvalue weighted by molar-refractivity contribution is 7.87. The summed E-state index contributed by atoms with van der Waals surface area (Å²) in [7, 11) is -3.25. The van der Waals surface area contributed by atoms with Crippen molar-refractivity contribution in [2.75, 3.05) is 19.6 Å². The van der Waals surface area contributed by atoms with Crippen molar-refractivity contribution in [2.45, 2.75) is 38.6 Å². The Hall–Kier alpha value is -0.170. The zero-order valence-electron chi connectivity index (χ0n) is 9.28. The summed E-state index contributed by atoms with van der Waals surface area (Å²) in [6.45, 7) is 3.51. The number of hydrogen-bond acceptors (Lipinski definition) is 3. The highest BCUT2D eigenvalue weighted by atomic mass is 32.2. The Morgan fingerprint density at radius 3 is 2.87 bits per heavy atom. The van der Waals surface area contributed by atoms with Crippen LogP contribution < -0.4 is 10.5 Å². The Bertz CT molecular complexity index is 279. The number of nitrogens with two attached hydrogens (primary N) is 1. The first-order valence-corrected chi connectivity index (χ1v) is 7.02. The monoisotopic (exact) mass is 235 g/mol. The molecule has 3 N–H and O–H groups in total. The zero-order chi connectivity index (χ0) is 11.3. The molecule has 0 amide bonds. The largest absolute Gasteiger partial charge is 0.330 e. The molecule has 1 heterocycles. The van der Waals surface area contributed by atoms with E-state index in [9.17, 15) is 8.42 Å². The molecule has 1 rings (SSSR count). The summed E-state index contributed by atoms with van der Waals surface area (Å²) in [6.07, 6.45) is 3.69. The maximum absolute atomic E-state index is 11.8. The van der Waals surface area contributed by atoms with E-state index in [1.807, 2.05) is 0 Å². The molecule has 0 aromatic rings. The zero-order valence-corrected chi connectivity index (χ0v) is 10.1. The van der Waals surface area contributed by atoms with E-state index in [0.717, 1.165) is 25.7 Å². The lowest BCUT2D eigenvalue weighted by Crippen LogP contribution is -2.43. The minimum absolute atomic E-state index is 0.151. The van der Waals surface area contributed by atoms with Gasteiger partial charge in [0.1, 0.15) is 0 Å². The molecule has 5 nitrogen and oxygen atoms in total. The van der Waals surface area contributed by atoms with Crippen LogP contribution in [0.25, 0.3) is 0 Å². The summed E-state index contributed by atoms with van der Waals surface area (Å²) in [5.41, 5.74) is 5.44. The summed E-state index contributed by atoms with van der Waals surface area (Å²) >= 11 is 0. The van der Waals surface area contributed by atoms with Crippen LogP contribution in [0.4, 0.5) is 0 Å². The molecule has 1 aliphatic rings. The Morgan fingerprint density at radius 2 is 2.27 bits per heavy atom. The van der Waals surface area contributed by atoms with Crippen molar-refractivity contribution in [2.24, 2.45) is 5.73 Å². The van der Waals surface area contributed by atoms with Crippen LogP contribution in [0.1, 0.15) is 32.6 Å². The SMILES string of the molecule is CCNS(=O)(=O)N1CCCC1CCCN. The maximum atomic E-state index is 11.8. The molecule has 1 aliphatic heterocycles. The van der Waals surface area contributed by atoms with Crippen molar-refractivity contribution in [3.05, 3.63) is 0 Å². The van der Waals surface area contributed by atoms with E-state index in [2.05, 4.69) is 4.72 Å². The molecule has 0 spiro atoms. The number of nitrogens with one attached hydrogen (secondary N) is 1. The summed E-state index contributed by atoms with van der Waals surface area (Å²) in [5.74, 6) is 0. The van der Waals surface area contributed by atoms with Crippen LogP contribution in [0.2, 0.25) is 0 Å². The van der Waals surface area contributed by atoms with Gasteiger partial charge in [-0.15, -0.1) is 0 Å². The van der Waals surface area contributed by atoms with Gasteiger partial charge < -0.3 is 5.73 Å². The smallest absolute Gasteiger partial charge is 0.279 e. The topological polar surface area (TPSA) is 75.4 Å². The van der Waals surface area contributed by atoms with Gasteiger partial charge in [0.25, 0.3) is 10.2 Å². The summed E-state index contributed by atoms with van der Waals surface area (Å²) in [4.78, 5) is 0. The fraction of sp³-hybridized carbons (Fsp3) is 1.00. The van der Waals surface area contributed by atoms with Gasteiger partial charge in [-0.3, -0.25) is 0 Å². The maximum Gasteiger partial charge on any atom is 0.279 e. The van der Waals surface area contributed by atoms with Gasteiger partial charge in [-0.2, -0.15) is 12.7 Å². The van der Waals surface area contributed by atoms with Crippen LogP contribution in [0.15, 0.2) is 0 Å². The van der Waals surface area contributed by atoms with Crippen molar-refractivity contribution in [3.8, 4) is 0 Å². The molecule has 1 saturated heterocycles. The van der Waals surface area contributed by atoms with Gasteiger partial charge in [-0.05, 0) is 32.2 Å². The minimum Gasteiger partial charge on any atom is -0.330 e. The first-order valence-electron chi connectivity index (χ1n) is 5.58. The van der Waals surface area contributed by atoms with Crippen LogP contribution in [0.3, 0.4) is 0 Å². The molecule has 1 unspecified atom stereocenters. The number of hydrogen-bond donors (Lipinski definition) is 2. The molecule has 1 atom stereocenters. The minimum atomic E-state index is -3.25. The van der Waals surface area contributed by atoms with Crippen molar-refractivity contribution < 1.29 is 8.42 Å². The van der Waals surface area contributed by atoms with Crippen molar-refractivity contribution in [3.63, 3.8) is 0 Å². The third kappa shape index (κ3) is 3.41. The van der Waals surface area contributed by atoms with Crippen LogP contribution in [-0.4, -0.2) is 38.4 Å². The van der Waals surface area contributed by atoms with E-state index < -0.39 is 10.2 Å². The second kappa shape index (κ2) is 5.79. The van der Waals surface area contributed by atoms with E-state index in [1.54, 1.807) is 11.2 Å². The first-order chi connectivity index (χ1) is 7.11. The Morgan fingerprint density at radius 1 is 1.53 bits per heavy atom. The van der Waals surface area contributed by atoms with Crippen LogP contribution >= 0.6 is 0 Å². The second-order valence-electron chi connectivity index (χ2n) is 3.84. The molecule has 6 heteroatoms. The Kier molecular flexibility index (Phi) is 4.98. The molecular weight excluding hydrogens is 214 g/mol. The Labute approximate surface area is 92.2 Å². The summed E-state index contributed by atoms with van der Waals surface area (Å²) in [6, 6.07) is 0.151. The van der Waals surface area contributed by atoms with E-state index in [4.69, 9.17) is 5.73 Å². The normalized spacial score (nSPS) is 23.5. The van der Waals surface area contributed by atoms with Crippen LogP contribution in [0.5, 0.6) is 0 Å². The molecule has 90 valence electrons. The molecule has 0 aliphatic carbocycles. The number of nitrogens with zero attached hydrogens (tertiary/aromatic N) is 1. The van der Waals surface area contributed by atoms with Crippen LogP contribution in [-0.2, 0) is 10.2 Å². The summed E-state index contributed by atoms with van der Waals surface area (Å²) in [5, 5.41) is 0. The average molecular weight is 235 g/mol. The average Bonchev–Trinajstić information content (AvgIpc) is 2.63. The van der Waals surface area contributed by atoms with Gasteiger partial charge in [-0.1, -0.05) is 6.92 Å². The molecule has 1 fully saturated rings. The fourth-order valence-electron chi connectivity index (χ4n) is 2.03. The highest BCUT2D eigenvalue weighted by Crippen LogP contribution is 2.23. The van der Waals surface area contributed by atoms with Gasteiger partial charge in [0, 0.05) is 19.1 Å². The predicted octanol–water partition coefficient (Wildman–Crippen LogP) is 0.0440. The van der Waals surface area contributed by atoms with Gasteiger partial charge in [0.15, 0.2) is 0 Å². The molecular formula is C9H21N3O2S. The van der Waals surface area contributed by atoms with Gasteiger partial charge >= 0.3 is 0 Å². The predicted molar refractivity (Wildman–Crippen MR) is 60.6 cm³/mol. The first kappa shape index (κ1) is 12.9. The third-order valence-corrected chi connectivity index (χ3v) is 4.45. The number of rotatable bonds is 6. The van der Waals surface area contributed by atoms with Gasteiger partial charge in [0.05, 0.1) is 0 Å². The standard InChI is InChI=1S/C9H21N3O2S/c1-2-11-15(13,14)12-8-4-6-9(12)5-3-7-10/h9,11H,2-8,10H2,1H3. The molecule has 0 bridgehead atoms. The lowest BCUT2D eigenvalue weighted by atomic mass is 10.1. The quantitative estimate of drug-likeness (QED) is 0.683.